The molecule has 0 amide bonds. The van der Waals surface area contributed by atoms with Gasteiger partial charge in [-0.2, -0.15) is 0 Å². The molecular weight excluding hydrogens is 408 g/mol. The van der Waals surface area contributed by atoms with Crippen molar-refractivity contribution >= 4 is 39.8 Å². The third kappa shape index (κ3) is 3.49. The zero-order valence-corrected chi connectivity index (χ0v) is 19.8. The van der Waals surface area contributed by atoms with Gasteiger partial charge in [-0.05, 0) is 79.9 Å². The van der Waals surface area contributed by atoms with Crippen LogP contribution in [-0.4, -0.2) is 0 Å². The van der Waals surface area contributed by atoms with E-state index in [1.54, 1.807) is 0 Å². The molecule has 34 heavy (non-hydrogen) atoms. The topological polar surface area (TPSA) is 0 Å². The summed E-state index contributed by atoms with van der Waals surface area (Å²) in [4.78, 5) is 0. The van der Waals surface area contributed by atoms with E-state index in [4.69, 9.17) is 0 Å². The van der Waals surface area contributed by atoms with Crippen LogP contribution in [0.5, 0.6) is 0 Å². The fourth-order valence-electron chi connectivity index (χ4n) is 5.15. The Morgan fingerprint density at radius 3 is 1.94 bits per heavy atom. The molecule has 164 valence electrons. The van der Waals surface area contributed by atoms with Crippen LogP contribution < -0.4 is 0 Å². The summed E-state index contributed by atoms with van der Waals surface area (Å²) in [6.07, 6.45) is 8.22. The van der Waals surface area contributed by atoms with Crippen molar-refractivity contribution in [2.45, 2.75) is 13.8 Å². The Bertz CT molecular complexity index is 1590. The van der Waals surface area contributed by atoms with Gasteiger partial charge in [0.15, 0.2) is 0 Å². The van der Waals surface area contributed by atoms with Crippen molar-refractivity contribution in [3.8, 4) is 22.3 Å². The van der Waals surface area contributed by atoms with E-state index in [1.165, 1.54) is 54.9 Å². The van der Waals surface area contributed by atoms with Crippen LogP contribution in [0.25, 0.3) is 62.0 Å². The quantitative estimate of drug-likeness (QED) is 0.257. The molecule has 0 unspecified atom stereocenters. The SMILES string of the molecule is C=Cc1c(C=C)c(-c2cccc3ccccc23)c2ccccc2c1-c1ccc(/C=C\C)c(C)c1. The van der Waals surface area contributed by atoms with Crippen molar-refractivity contribution in [1.29, 1.82) is 0 Å². The Hall–Kier alpha value is -4.16. The van der Waals surface area contributed by atoms with Gasteiger partial charge in [0.1, 0.15) is 0 Å². The summed E-state index contributed by atoms with van der Waals surface area (Å²) in [6, 6.07) is 30.6. The maximum Gasteiger partial charge on any atom is -0.00204 e. The van der Waals surface area contributed by atoms with Gasteiger partial charge in [0.25, 0.3) is 0 Å². The van der Waals surface area contributed by atoms with Crippen molar-refractivity contribution in [3.05, 3.63) is 126 Å². The monoisotopic (exact) mass is 436 g/mol. The Labute approximate surface area is 202 Å². The maximum atomic E-state index is 4.25. The molecule has 0 aromatic heterocycles. The highest BCUT2D eigenvalue weighted by molar-refractivity contribution is 6.15. The van der Waals surface area contributed by atoms with Gasteiger partial charge in [0, 0.05) is 0 Å². The standard InChI is InChI=1S/C34H28/c1-5-13-24-20-21-26(22-23(24)4)33-27(6-2)28(7-3)34(32-18-11-10-17-31(32)33)30-19-12-15-25-14-8-9-16-29(25)30/h5-22H,2-3H2,1,4H3/b13-5-. The number of allylic oxidation sites excluding steroid dienone is 1. The number of fused-ring (bicyclic) bond motifs is 2. The smallest absolute Gasteiger partial charge is 0.00204 e. The minimum absolute atomic E-state index is 1.12. The molecule has 0 heterocycles. The first-order chi connectivity index (χ1) is 16.7. The Morgan fingerprint density at radius 2 is 1.26 bits per heavy atom. The van der Waals surface area contributed by atoms with E-state index in [0.29, 0.717) is 0 Å². The number of aryl methyl sites for hydroxylation is 1. The summed E-state index contributed by atoms with van der Waals surface area (Å²) in [5, 5.41) is 4.93. The van der Waals surface area contributed by atoms with Gasteiger partial charge in [-0.1, -0.05) is 122 Å². The third-order valence-electron chi connectivity index (χ3n) is 6.67. The molecule has 0 saturated heterocycles. The van der Waals surface area contributed by atoms with Crippen LogP contribution in [0.3, 0.4) is 0 Å². The van der Waals surface area contributed by atoms with Crippen LogP contribution in [0.1, 0.15) is 29.2 Å². The van der Waals surface area contributed by atoms with Crippen LogP contribution in [0.15, 0.2) is 104 Å². The molecule has 5 aromatic rings. The molecule has 0 bridgehead atoms. The predicted octanol–water partition coefficient (Wildman–Crippen LogP) is 9.95. The van der Waals surface area contributed by atoms with E-state index >= 15 is 0 Å². The molecule has 0 heteroatoms. The van der Waals surface area contributed by atoms with Crippen LogP contribution in [0, 0.1) is 6.92 Å². The van der Waals surface area contributed by atoms with E-state index < -0.39 is 0 Å². The van der Waals surface area contributed by atoms with Crippen LogP contribution >= 0.6 is 0 Å². The summed E-state index contributed by atoms with van der Waals surface area (Å²) in [7, 11) is 0. The second-order valence-electron chi connectivity index (χ2n) is 8.63. The lowest BCUT2D eigenvalue weighted by atomic mass is 9.82. The van der Waals surface area contributed by atoms with Crippen LogP contribution in [0.2, 0.25) is 0 Å². The largest absolute Gasteiger partial charge is 0.0984 e. The van der Waals surface area contributed by atoms with E-state index in [9.17, 15) is 0 Å². The summed E-state index contributed by atoms with van der Waals surface area (Å²) in [5.74, 6) is 0. The second kappa shape index (κ2) is 9.00. The molecule has 0 atom stereocenters. The molecule has 5 rings (SSSR count). The van der Waals surface area contributed by atoms with Gasteiger partial charge in [0.05, 0.1) is 0 Å². The van der Waals surface area contributed by atoms with Crippen molar-refractivity contribution in [2.24, 2.45) is 0 Å². The molecule has 0 fully saturated rings. The maximum absolute atomic E-state index is 4.25. The molecule has 0 aliphatic heterocycles. The normalized spacial score (nSPS) is 11.4. The van der Waals surface area contributed by atoms with Crippen LogP contribution in [0.4, 0.5) is 0 Å². The highest BCUT2D eigenvalue weighted by Crippen LogP contribution is 2.45. The number of hydrogen-bond donors (Lipinski definition) is 0. The van der Waals surface area contributed by atoms with Gasteiger partial charge in [-0.3, -0.25) is 0 Å². The van der Waals surface area contributed by atoms with Gasteiger partial charge in [0.2, 0.25) is 0 Å². The Balaban J connectivity index is 1.93. The number of hydrogen-bond acceptors (Lipinski definition) is 0. The highest BCUT2D eigenvalue weighted by Gasteiger charge is 2.20. The summed E-state index contributed by atoms with van der Waals surface area (Å²) in [5.41, 5.74) is 9.58. The van der Waals surface area contributed by atoms with Crippen molar-refractivity contribution in [2.75, 3.05) is 0 Å². The highest BCUT2D eigenvalue weighted by atomic mass is 14.2. The Kier molecular flexibility index (Phi) is 5.74. The molecule has 0 nitrogen and oxygen atoms in total. The molecular formula is C34H28. The van der Waals surface area contributed by atoms with Crippen molar-refractivity contribution in [1.82, 2.24) is 0 Å². The lowest BCUT2D eigenvalue weighted by Gasteiger charge is -2.21. The summed E-state index contributed by atoms with van der Waals surface area (Å²) < 4.78 is 0. The van der Waals surface area contributed by atoms with E-state index in [2.05, 4.69) is 124 Å². The van der Waals surface area contributed by atoms with Crippen molar-refractivity contribution in [3.63, 3.8) is 0 Å². The molecule has 0 saturated carbocycles. The van der Waals surface area contributed by atoms with Gasteiger partial charge < -0.3 is 0 Å². The van der Waals surface area contributed by atoms with Crippen molar-refractivity contribution < 1.29 is 0 Å². The minimum atomic E-state index is 1.12. The van der Waals surface area contributed by atoms with E-state index in [1.807, 2.05) is 12.2 Å². The third-order valence-corrected chi connectivity index (χ3v) is 6.67. The summed E-state index contributed by atoms with van der Waals surface area (Å²) >= 11 is 0. The van der Waals surface area contributed by atoms with Gasteiger partial charge >= 0.3 is 0 Å². The molecule has 0 N–H and O–H groups in total. The van der Waals surface area contributed by atoms with E-state index in [0.717, 1.165) is 11.1 Å². The van der Waals surface area contributed by atoms with Gasteiger partial charge in [-0.15, -0.1) is 0 Å². The average Bonchev–Trinajstić information content (AvgIpc) is 2.88. The number of rotatable bonds is 5. The Morgan fingerprint density at radius 1 is 0.647 bits per heavy atom. The van der Waals surface area contributed by atoms with E-state index in [-0.39, 0.29) is 0 Å². The predicted molar refractivity (Wildman–Crippen MR) is 152 cm³/mol. The lowest BCUT2D eigenvalue weighted by molar-refractivity contribution is 1.44. The molecule has 0 aliphatic rings. The first-order valence-electron chi connectivity index (χ1n) is 11.7. The average molecular weight is 437 g/mol. The molecule has 5 aromatic carbocycles. The fourth-order valence-corrected chi connectivity index (χ4v) is 5.15. The fraction of sp³-hybridized carbons (Fsp3) is 0.0588. The zero-order valence-electron chi connectivity index (χ0n) is 19.8. The second-order valence-corrected chi connectivity index (χ2v) is 8.63. The lowest BCUT2D eigenvalue weighted by Crippen LogP contribution is -1.97. The number of benzene rings is 5. The summed E-state index contributed by atoms with van der Waals surface area (Å²) in [6.45, 7) is 12.7. The first-order valence-corrected chi connectivity index (χ1v) is 11.7. The molecule has 0 radical (unpaired) electrons. The zero-order chi connectivity index (χ0) is 23.7. The van der Waals surface area contributed by atoms with Gasteiger partial charge in [-0.25, -0.2) is 0 Å². The van der Waals surface area contributed by atoms with Crippen LogP contribution in [-0.2, 0) is 0 Å². The first kappa shape index (κ1) is 21.7. The minimum Gasteiger partial charge on any atom is -0.0984 e. The molecule has 0 spiro atoms. The molecule has 0 aliphatic carbocycles.